The number of hydrogen-bond donors (Lipinski definition) is 1. The quantitative estimate of drug-likeness (QED) is 0.229. The van der Waals surface area contributed by atoms with E-state index < -0.39 is 24.7 Å². The van der Waals surface area contributed by atoms with E-state index >= 15 is 0 Å². The second-order valence-electron chi connectivity index (χ2n) is 8.68. The van der Waals surface area contributed by atoms with Crippen molar-refractivity contribution in [2.75, 3.05) is 20.8 Å². The number of carbonyl (C=O) groups is 1. The Morgan fingerprint density at radius 2 is 1.86 bits per heavy atom. The van der Waals surface area contributed by atoms with Crippen LogP contribution in [0.4, 0.5) is 9.18 Å². The fourth-order valence-electron chi connectivity index (χ4n) is 3.32. The van der Waals surface area contributed by atoms with Crippen LogP contribution < -0.4 is 4.74 Å². The van der Waals surface area contributed by atoms with Gasteiger partial charge in [-0.05, 0) is 41.0 Å². The molecule has 1 aliphatic rings. The van der Waals surface area contributed by atoms with Gasteiger partial charge in [-0.25, -0.2) is 9.18 Å². The van der Waals surface area contributed by atoms with E-state index in [1.807, 2.05) is 25.5 Å². The van der Waals surface area contributed by atoms with Crippen molar-refractivity contribution in [3.63, 3.8) is 0 Å². The maximum absolute atomic E-state index is 11.8. The summed E-state index contributed by atoms with van der Waals surface area (Å²) >= 11 is 0. The number of allylic oxidation sites excluding steroid dienone is 3. The van der Waals surface area contributed by atoms with Crippen LogP contribution >= 0.6 is 0 Å². The lowest BCUT2D eigenvalue weighted by molar-refractivity contribution is -0.187. The van der Waals surface area contributed by atoms with Crippen LogP contribution in [0.15, 0.2) is 23.7 Å². The van der Waals surface area contributed by atoms with E-state index in [-0.39, 0.29) is 18.5 Å². The Labute approximate surface area is 221 Å². The van der Waals surface area contributed by atoms with E-state index in [2.05, 4.69) is 41.9 Å². The van der Waals surface area contributed by atoms with E-state index in [1.54, 1.807) is 6.92 Å². The third-order valence-corrected chi connectivity index (χ3v) is 5.58. The molecule has 37 heavy (non-hydrogen) atoms. The number of nitrogens with zero attached hydrogens (tertiary/aromatic N) is 2. The van der Waals surface area contributed by atoms with Crippen LogP contribution in [0.2, 0.25) is 0 Å². The van der Waals surface area contributed by atoms with Gasteiger partial charge in [0.1, 0.15) is 18.2 Å². The van der Waals surface area contributed by atoms with Crippen molar-refractivity contribution in [3.05, 3.63) is 35.0 Å². The molecule has 2 heterocycles. The average molecular weight is 531 g/mol. The second-order valence-corrected chi connectivity index (χ2v) is 8.68. The van der Waals surface area contributed by atoms with Crippen LogP contribution in [0.5, 0.6) is 5.88 Å². The van der Waals surface area contributed by atoms with Gasteiger partial charge in [0, 0.05) is 36.6 Å². The molecule has 1 saturated heterocycles. The molecule has 10 heteroatoms. The first-order valence-corrected chi connectivity index (χ1v) is 12.8. The first kappa shape index (κ1) is 34.4. The molecular weight excluding hydrogens is 483 g/mol. The maximum atomic E-state index is 11.8. The molecule has 0 bridgehead atoms. The van der Waals surface area contributed by atoms with Crippen LogP contribution in [-0.4, -0.2) is 60.4 Å². The average Bonchev–Trinajstić information content (AvgIpc) is 3.17. The van der Waals surface area contributed by atoms with Crippen LogP contribution in [0.3, 0.4) is 0 Å². The highest BCUT2D eigenvalue weighted by atomic mass is 19.1. The van der Waals surface area contributed by atoms with E-state index in [0.717, 1.165) is 23.3 Å². The molecule has 0 radical (unpaired) electrons. The number of aromatic nitrogens is 2. The molecule has 1 aromatic heterocycles. The minimum Gasteiger partial charge on any atom is -0.499 e. The molecule has 3 atom stereocenters. The number of halogens is 1. The molecule has 1 aliphatic heterocycles. The van der Waals surface area contributed by atoms with Gasteiger partial charge in [0.2, 0.25) is 12.2 Å². The Hall–Kier alpha value is -2.59. The van der Waals surface area contributed by atoms with Crippen molar-refractivity contribution >= 4 is 6.16 Å². The first-order valence-electron chi connectivity index (χ1n) is 12.8. The third-order valence-electron chi connectivity index (χ3n) is 5.58. The fraction of sp³-hybridized carbons (Fsp3) is 0.704. The zero-order chi connectivity index (χ0) is 28.7. The highest BCUT2D eigenvalue weighted by Gasteiger charge is 2.32. The predicted octanol–water partition coefficient (Wildman–Crippen LogP) is 6.19. The molecular formula is C27H47FN2O7. The summed E-state index contributed by atoms with van der Waals surface area (Å²) in [5.74, 6) is 0.579. The van der Waals surface area contributed by atoms with Gasteiger partial charge in [0.15, 0.2) is 0 Å². The Morgan fingerprint density at radius 3 is 2.32 bits per heavy atom. The molecule has 0 aromatic carbocycles. The van der Waals surface area contributed by atoms with Crippen molar-refractivity contribution in [3.8, 4) is 5.88 Å². The van der Waals surface area contributed by atoms with Gasteiger partial charge in [-0.3, -0.25) is 4.68 Å². The molecule has 2 rings (SSSR count). The zero-order valence-corrected chi connectivity index (χ0v) is 24.2. The molecule has 0 saturated carbocycles. The highest BCUT2D eigenvalue weighted by molar-refractivity contribution is 5.59. The summed E-state index contributed by atoms with van der Waals surface area (Å²) in [6.45, 7) is 19.2. The smallest absolute Gasteiger partial charge is 0.499 e. The maximum Gasteiger partial charge on any atom is 0.508 e. The van der Waals surface area contributed by atoms with Gasteiger partial charge in [0.05, 0.1) is 26.4 Å². The van der Waals surface area contributed by atoms with E-state index in [4.69, 9.17) is 14.2 Å². The second kappa shape index (κ2) is 17.8. The third kappa shape index (κ3) is 12.0. The molecule has 0 amide bonds. The van der Waals surface area contributed by atoms with Gasteiger partial charge >= 0.3 is 6.16 Å². The summed E-state index contributed by atoms with van der Waals surface area (Å²) in [4.78, 5) is 11.2. The van der Waals surface area contributed by atoms with Crippen molar-refractivity contribution < 1.29 is 38.0 Å². The first-order chi connectivity index (χ1) is 17.4. The minimum absolute atomic E-state index is 0.0114. The van der Waals surface area contributed by atoms with Gasteiger partial charge in [-0.2, -0.15) is 0 Å². The predicted molar refractivity (Wildman–Crippen MR) is 141 cm³/mol. The summed E-state index contributed by atoms with van der Waals surface area (Å²) < 4.78 is 39.6. The highest BCUT2D eigenvalue weighted by Crippen LogP contribution is 2.30. The standard InChI is InChI=1S/C20H32N2O6.C5H9FO.C2H6/c1-7-13(4)8-17-14(5)22(12(2)3)21-19(17)28-18-10-15(23)9-16(27-18)11-26-20(24)25-6;1-4(6)5(2)7-3;1-2/h12,15-16,18,23H,4,7-11H2,1-3,5-6H3;1-3H3;1-2H3/b;5-4-;. The van der Waals surface area contributed by atoms with Gasteiger partial charge in [-0.15, -0.1) is 5.10 Å². The van der Waals surface area contributed by atoms with Crippen LogP contribution in [0.1, 0.15) is 85.0 Å². The van der Waals surface area contributed by atoms with Crippen molar-refractivity contribution in [2.45, 2.75) is 106 Å². The molecule has 1 fully saturated rings. The van der Waals surface area contributed by atoms with Crippen molar-refractivity contribution in [2.24, 2.45) is 0 Å². The number of aliphatic hydroxyl groups excluding tert-OH is 1. The van der Waals surface area contributed by atoms with Crippen molar-refractivity contribution in [1.29, 1.82) is 0 Å². The Balaban J connectivity index is 0.00000124. The van der Waals surface area contributed by atoms with E-state index in [0.29, 0.717) is 30.9 Å². The van der Waals surface area contributed by atoms with Gasteiger partial charge in [-0.1, -0.05) is 32.9 Å². The summed E-state index contributed by atoms with van der Waals surface area (Å²) in [5.41, 5.74) is 3.10. The lowest BCUT2D eigenvalue weighted by Crippen LogP contribution is -2.41. The van der Waals surface area contributed by atoms with Crippen LogP contribution in [-0.2, 0) is 25.4 Å². The van der Waals surface area contributed by atoms with Crippen molar-refractivity contribution in [1.82, 2.24) is 9.78 Å². The monoisotopic (exact) mass is 530 g/mol. The van der Waals surface area contributed by atoms with Gasteiger partial charge < -0.3 is 28.8 Å². The number of carbonyl (C=O) groups excluding carboxylic acids is 1. The molecule has 0 spiro atoms. The molecule has 9 nitrogen and oxygen atoms in total. The SMILES string of the molecule is C=C(CC)Cc1c(OC2CC(O)CC(COC(=O)OC)O2)nn(C(C)C)c1C.CC.CO/C(C)=C(/C)F. The number of methoxy groups -OCH3 is 2. The van der Waals surface area contributed by atoms with E-state index in [1.165, 1.54) is 21.1 Å². The Morgan fingerprint density at radius 1 is 1.24 bits per heavy atom. The van der Waals surface area contributed by atoms with Crippen LogP contribution in [0, 0.1) is 6.92 Å². The largest absolute Gasteiger partial charge is 0.508 e. The Kier molecular flexibility index (Phi) is 16.5. The summed E-state index contributed by atoms with van der Waals surface area (Å²) in [6, 6.07) is 0.185. The minimum atomic E-state index is -0.784. The summed E-state index contributed by atoms with van der Waals surface area (Å²) in [7, 11) is 2.68. The molecule has 1 aromatic rings. The normalized spacial score (nSPS) is 19.4. The molecule has 0 aliphatic carbocycles. The fourth-order valence-corrected chi connectivity index (χ4v) is 3.32. The van der Waals surface area contributed by atoms with Gasteiger partial charge in [0.25, 0.3) is 0 Å². The molecule has 214 valence electrons. The summed E-state index contributed by atoms with van der Waals surface area (Å²) in [5, 5.41) is 14.8. The Bertz CT molecular complexity index is 863. The molecule has 3 unspecified atom stereocenters. The number of rotatable bonds is 9. The van der Waals surface area contributed by atoms with Crippen LogP contribution in [0.25, 0.3) is 0 Å². The summed E-state index contributed by atoms with van der Waals surface area (Å²) in [6.07, 6.45) is -0.341. The zero-order valence-electron chi connectivity index (χ0n) is 24.2. The number of ether oxygens (including phenoxy) is 5. The molecule has 1 N–H and O–H groups in total. The number of hydrogen-bond acceptors (Lipinski definition) is 8. The lowest BCUT2D eigenvalue weighted by Gasteiger charge is -2.32. The lowest BCUT2D eigenvalue weighted by atomic mass is 10.0. The van der Waals surface area contributed by atoms with E-state index in [9.17, 15) is 14.3 Å². The number of aliphatic hydroxyl groups is 1. The topological polar surface area (TPSA) is 101 Å².